The number of para-hydroxylation sites is 1. The Labute approximate surface area is 142 Å². The monoisotopic (exact) mass is 336 g/mol. The molecule has 0 aliphatic rings. The van der Waals surface area contributed by atoms with Gasteiger partial charge in [0.2, 0.25) is 0 Å². The molecule has 1 unspecified atom stereocenters. The van der Waals surface area contributed by atoms with Crippen LogP contribution in [0.1, 0.15) is 37.6 Å². The Bertz CT molecular complexity index is 563. The van der Waals surface area contributed by atoms with Gasteiger partial charge in [-0.1, -0.05) is 19.1 Å². The van der Waals surface area contributed by atoms with Crippen LogP contribution in [0.4, 0.5) is 0 Å². The zero-order chi connectivity index (χ0) is 18.1. The Hall–Kier alpha value is -2.37. The van der Waals surface area contributed by atoms with Crippen LogP contribution >= 0.6 is 0 Å². The molecule has 1 aromatic rings. The smallest absolute Gasteiger partial charge is 0.320 e. The maximum Gasteiger partial charge on any atom is 0.320 e. The molecule has 6 nitrogen and oxygen atoms in total. The Morgan fingerprint density at radius 2 is 1.54 bits per heavy atom. The highest BCUT2D eigenvalue weighted by Crippen LogP contribution is 2.25. The van der Waals surface area contributed by atoms with Gasteiger partial charge in [0.25, 0.3) is 0 Å². The van der Waals surface area contributed by atoms with E-state index in [2.05, 4.69) is 0 Å². The summed E-state index contributed by atoms with van der Waals surface area (Å²) in [6.45, 7) is 5.28. The van der Waals surface area contributed by atoms with Gasteiger partial charge >= 0.3 is 11.9 Å². The molecule has 1 atom stereocenters. The van der Waals surface area contributed by atoms with Gasteiger partial charge < -0.3 is 14.2 Å². The average Bonchev–Trinajstić information content (AvgIpc) is 2.55. The van der Waals surface area contributed by atoms with E-state index in [0.717, 1.165) is 0 Å². The van der Waals surface area contributed by atoms with Gasteiger partial charge in [0.05, 0.1) is 25.9 Å². The van der Waals surface area contributed by atoms with Crippen molar-refractivity contribution >= 4 is 17.7 Å². The van der Waals surface area contributed by atoms with Crippen LogP contribution in [-0.4, -0.2) is 38.0 Å². The molecule has 0 saturated carbocycles. The van der Waals surface area contributed by atoms with E-state index in [1.165, 1.54) is 7.11 Å². The van der Waals surface area contributed by atoms with Gasteiger partial charge in [0.1, 0.15) is 5.75 Å². The molecule has 0 aromatic heterocycles. The summed E-state index contributed by atoms with van der Waals surface area (Å²) in [6, 6.07) is 6.83. The topological polar surface area (TPSA) is 78.9 Å². The molecular weight excluding hydrogens is 312 g/mol. The molecule has 0 N–H and O–H groups in total. The maximum atomic E-state index is 12.5. The van der Waals surface area contributed by atoms with Crippen LogP contribution in [0.5, 0.6) is 5.75 Å². The molecule has 0 amide bonds. The van der Waals surface area contributed by atoms with E-state index in [-0.39, 0.29) is 25.4 Å². The van der Waals surface area contributed by atoms with E-state index in [0.29, 0.717) is 11.3 Å². The van der Waals surface area contributed by atoms with Crippen molar-refractivity contribution in [1.82, 2.24) is 0 Å². The summed E-state index contributed by atoms with van der Waals surface area (Å²) in [4.78, 5) is 36.7. The number of rotatable bonds is 9. The first-order valence-electron chi connectivity index (χ1n) is 7.95. The minimum absolute atomic E-state index is 0.00265. The Balaban J connectivity index is 2.94. The van der Waals surface area contributed by atoms with Crippen LogP contribution in [0.25, 0.3) is 0 Å². The van der Waals surface area contributed by atoms with Crippen LogP contribution in [0.2, 0.25) is 0 Å². The summed E-state index contributed by atoms with van der Waals surface area (Å²) in [6.07, 6.45) is 0.00265. The summed E-state index contributed by atoms with van der Waals surface area (Å²) in [5, 5.41) is 0. The Morgan fingerprint density at radius 3 is 2.04 bits per heavy atom. The molecule has 6 heteroatoms. The van der Waals surface area contributed by atoms with E-state index in [1.54, 1.807) is 45.0 Å². The van der Waals surface area contributed by atoms with Crippen molar-refractivity contribution in [3.8, 4) is 5.75 Å². The van der Waals surface area contributed by atoms with Gasteiger partial charge in [-0.25, -0.2) is 0 Å². The SMILES string of the molecule is CCOC(=O)C(C(=O)OCC)C(C)CC(=O)c1ccccc1OC. The number of benzene rings is 1. The summed E-state index contributed by atoms with van der Waals surface area (Å²) in [7, 11) is 1.48. The van der Waals surface area contributed by atoms with Gasteiger partial charge in [-0.2, -0.15) is 0 Å². The van der Waals surface area contributed by atoms with Gasteiger partial charge in [-0.15, -0.1) is 0 Å². The minimum atomic E-state index is -1.12. The lowest BCUT2D eigenvalue weighted by atomic mass is 9.88. The zero-order valence-electron chi connectivity index (χ0n) is 14.5. The predicted octanol–water partition coefficient (Wildman–Crippen LogP) is 2.65. The second-order valence-electron chi connectivity index (χ2n) is 5.29. The number of carbonyl (C=O) groups is 3. The van der Waals surface area contributed by atoms with Gasteiger partial charge in [0, 0.05) is 6.42 Å². The van der Waals surface area contributed by atoms with Crippen LogP contribution in [0.15, 0.2) is 24.3 Å². The minimum Gasteiger partial charge on any atom is -0.496 e. The van der Waals surface area contributed by atoms with Crippen LogP contribution in [0.3, 0.4) is 0 Å². The number of ether oxygens (including phenoxy) is 3. The average molecular weight is 336 g/mol. The van der Waals surface area contributed by atoms with Gasteiger partial charge in [0.15, 0.2) is 11.7 Å². The number of carbonyl (C=O) groups excluding carboxylic acids is 3. The molecule has 0 aliphatic carbocycles. The third kappa shape index (κ3) is 5.08. The first kappa shape index (κ1) is 19.7. The fraction of sp³-hybridized carbons (Fsp3) is 0.500. The second-order valence-corrected chi connectivity index (χ2v) is 5.29. The third-order valence-corrected chi connectivity index (χ3v) is 3.56. The largest absolute Gasteiger partial charge is 0.496 e. The zero-order valence-corrected chi connectivity index (χ0v) is 14.5. The maximum absolute atomic E-state index is 12.5. The van der Waals surface area contributed by atoms with E-state index >= 15 is 0 Å². The molecular formula is C18H24O6. The number of esters is 2. The molecule has 1 rings (SSSR count). The lowest BCUT2D eigenvalue weighted by Gasteiger charge is -2.20. The fourth-order valence-electron chi connectivity index (χ4n) is 2.42. The van der Waals surface area contributed by atoms with Gasteiger partial charge in [-0.05, 0) is 31.9 Å². The summed E-state index contributed by atoms with van der Waals surface area (Å²) < 4.78 is 15.1. The molecule has 0 aliphatic heterocycles. The van der Waals surface area contributed by atoms with E-state index in [4.69, 9.17) is 14.2 Å². The molecule has 0 radical (unpaired) electrons. The van der Waals surface area contributed by atoms with Crippen molar-refractivity contribution in [1.29, 1.82) is 0 Å². The molecule has 0 fully saturated rings. The first-order valence-corrected chi connectivity index (χ1v) is 7.95. The highest BCUT2D eigenvalue weighted by molar-refractivity contribution is 6.00. The highest BCUT2D eigenvalue weighted by Gasteiger charge is 2.36. The van der Waals surface area contributed by atoms with Crippen molar-refractivity contribution in [2.75, 3.05) is 20.3 Å². The summed E-state index contributed by atoms with van der Waals surface area (Å²) in [5.74, 6) is -2.77. The molecule has 0 bridgehead atoms. The molecule has 1 aromatic carbocycles. The van der Waals surface area contributed by atoms with Crippen molar-refractivity contribution in [3.63, 3.8) is 0 Å². The van der Waals surface area contributed by atoms with E-state index in [1.807, 2.05) is 0 Å². The number of hydrogen-bond acceptors (Lipinski definition) is 6. The van der Waals surface area contributed by atoms with Crippen molar-refractivity contribution in [2.24, 2.45) is 11.8 Å². The van der Waals surface area contributed by atoms with Crippen molar-refractivity contribution in [3.05, 3.63) is 29.8 Å². The second kappa shape index (κ2) is 9.70. The van der Waals surface area contributed by atoms with Crippen LogP contribution in [-0.2, 0) is 19.1 Å². The number of ketones is 1. The van der Waals surface area contributed by atoms with Crippen LogP contribution in [0, 0.1) is 11.8 Å². The molecule has 0 heterocycles. The number of hydrogen-bond donors (Lipinski definition) is 0. The predicted molar refractivity (Wildman–Crippen MR) is 87.9 cm³/mol. The first-order chi connectivity index (χ1) is 11.5. The normalized spacial score (nSPS) is 11.7. The van der Waals surface area contributed by atoms with Crippen LogP contribution < -0.4 is 4.74 Å². The number of Topliss-reactive ketones (excluding diaryl/α,β-unsaturated/α-hetero) is 1. The summed E-state index contributed by atoms with van der Waals surface area (Å²) >= 11 is 0. The standard InChI is InChI=1S/C18H24O6/c1-5-23-17(20)16(18(21)24-6-2)12(3)11-14(19)13-9-7-8-10-15(13)22-4/h7-10,12,16H,5-6,11H2,1-4H3. The highest BCUT2D eigenvalue weighted by atomic mass is 16.6. The van der Waals surface area contributed by atoms with Crippen molar-refractivity contribution < 1.29 is 28.6 Å². The fourth-order valence-corrected chi connectivity index (χ4v) is 2.42. The van der Waals surface area contributed by atoms with E-state index in [9.17, 15) is 14.4 Å². The molecule has 132 valence electrons. The third-order valence-electron chi connectivity index (χ3n) is 3.56. The molecule has 24 heavy (non-hydrogen) atoms. The Morgan fingerprint density at radius 1 is 1.00 bits per heavy atom. The lowest BCUT2D eigenvalue weighted by molar-refractivity contribution is -0.164. The lowest BCUT2D eigenvalue weighted by Crippen LogP contribution is -2.34. The van der Waals surface area contributed by atoms with Crippen molar-refractivity contribution in [2.45, 2.75) is 27.2 Å². The quantitative estimate of drug-likeness (QED) is 0.392. The summed E-state index contributed by atoms with van der Waals surface area (Å²) in [5.41, 5.74) is 0.415. The number of methoxy groups -OCH3 is 1. The molecule has 0 saturated heterocycles. The van der Waals surface area contributed by atoms with E-state index < -0.39 is 23.8 Å². The Kier molecular flexibility index (Phi) is 7.95. The van der Waals surface area contributed by atoms with Gasteiger partial charge in [-0.3, -0.25) is 14.4 Å². The molecule has 0 spiro atoms.